The first-order valence-electron chi connectivity index (χ1n) is 13.1. The number of aryl methyl sites for hydroxylation is 1. The maximum absolute atomic E-state index is 11.5. The minimum atomic E-state index is -0.559. The highest BCUT2D eigenvalue weighted by atomic mass is 16.5. The summed E-state index contributed by atoms with van der Waals surface area (Å²) < 4.78 is 11.4. The van der Waals surface area contributed by atoms with Crippen molar-refractivity contribution in [3.63, 3.8) is 0 Å². The fraction of sp³-hybridized carbons (Fsp3) is 0.533. The number of hydrogen-bond donors (Lipinski definition) is 1. The van der Waals surface area contributed by atoms with Gasteiger partial charge >= 0.3 is 0 Å². The topological polar surface area (TPSA) is 41.9 Å². The van der Waals surface area contributed by atoms with Crippen LogP contribution < -0.4 is 9.47 Å². The first kappa shape index (κ1) is 24.8. The standard InChI is InChI=1S/C30H41NO3/c1-4-33-28-16-13-23(20-29(28)34-5-2)10-9-18-31(3)19-17-30(32)22-25-14-15-26(30)21-27(25)24-11-7-6-8-12-24/h6-8,11-13,16,20-21,25-26,32H,4-5,9-10,14-15,17-19,22H2,1-3H3/t25-,26-,30+/m1/s1. The molecule has 4 heteroatoms. The van der Waals surface area contributed by atoms with Crippen LogP contribution in [0.25, 0.3) is 5.57 Å². The molecule has 1 fully saturated rings. The van der Waals surface area contributed by atoms with E-state index in [1.807, 2.05) is 19.9 Å². The molecule has 0 amide bonds. The molecule has 5 rings (SSSR count). The third-order valence-electron chi connectivity index (χ3n) is 7.58. The van der Waals surface area contributed by atoms with Crippen molar-refractivity contribution in [2.45, 2.75) is 58.0 Å². The smallest absolute Gasteiger partial charge is 0.161 e. The van der Waals surface area contributed by atoms with Gasteiger partial charge in [0.05, 0.1) is 18.8 Å². The Kier molecular flexibility index (Phi) is 8.33. The average molecular weight is 464 g/mol. The fourth-order valence-corrected chi connectivity index (χ4v) is 5.74. The van der Waals surface area contributed by atoms with Crippen molar-refractivity contribution in [2.24, 2.45) is 11.8 Å². The molecule has 4 nitrogen and oxygen atoms in total. The summed E-state index contributed by atoms with van der Waals surface area (Å²) in [7, 11) is 2.18. The molecule has 0 radical (unpaired) electrons. The zero-order valence-corrected chi connectivity index (χ0v) is 21.1. The summed E-state index contributed by atoms with van der Waals surface area (Å²) in [6.07, 6.45) is 8.54. The highest BCUT2D eigenvalue weighted by molar-refractivity contribution is 5.69. The van der Waals surface area contributed by atoms with Crippen molar-refractivity contribution in [1.29, 1.82) is 0 Å². The third-order valence-corrected chi connectivity index (χ3v) is 7.58. The lowest BCUT2D eigenvalue weighted by molar-refractivity contribution is -0.0574. The lowest BCUT2D eigenvalue weighted by Crippen LogP contribution is -2.48. The summed E-state index contributed by atoms with van der Waals surface area (Å²) in [5.41, 5.74) is 3.51. The van der Waals surface area contributed by atoms with E-state index < -0.39 is 5.60 Å². The third kappa shape index (κ3) is 5.84. The first-order chi connectivity index (χ1) is 16.5. The molecule has 0 aliphatic heterocycles. The molecule has 0 heterocycles. The Morgan fingerprint density at radius 2 is 1.74 bits per heavy atom. The number of nitrogens with zero attached hydrogens (tertiary/aromatic N) is 1. The van der Waals surface area contributed by atoms with Crippen LogP contribution in [0, 0.1) is 11.8 Å². The van der Waals surface area contributed by atoms with Gasteiger partial charge in [-0.1, -0.05) is 42.5 Å². The second kappa shape index (κ2) is 11.4. The van der Waals surface area contributed by atoms with Crippen LogP contribution in [-0.2, 0) is 6.42 Å². The van der Waals surface area contributed by atoms with E-state index in [0.29, 0.717) is 19.1 Å². The van der Waals surface area contributed by atoms with E-state index in [1.165, 1.54) is 23.1 Å². The number of aliphatic hydroxyl groups is 1. The summed E-state index contributed by atoms with van der Waals surface area (Å²) in [5.74, 6) is 2.43. The van der Waals surface area contributed by atoms with Crippen LogP contribution in [0.2, 0.25) is 0 Å². The number of rotatable bonds is 12. The van der Waals surface area contributed by atoms with Crippen molar-refractivity contribution in [3.8, 4) is 11.5 Å². The molecule has 0 spiro atoms. The van der Waals surface area contributed by atoms with Gasteiger partial charge in [0, 0.05) is 12.5 Å². The Labute approximate surface area is 205 Å². The Morgan fingerprint density at radius 1 is 0.971 bits per heavy atom. The van der Waals surface area contributed by atoms with Gasteiger partial charge < -0.3 is 19.5 Å². The maximum Gasteiger partial charge on any atom is 0.161 e. The molecule has 1 saturated carbocycles. The van der Waals surface area contributed by atoms with Gasteiger partial charge in [0.15, 0.2) is 11.5 Å². The van der Waals surface area contributed by atoms with Crippen molar-refractivity contribution in [2.75, 3.05) is 33.4 Å². The van der Waals surface area contributed by atoms with E-state index in [0.717, 1.165) is 56.7 Å². The number of fused-ring (bicyclic) bond motifs is 2. The van der Waals surface area contributed by atoms with Crippen LogP contribution >= 0.6 is 0 Å². The molecule has 3 aliphatic carbocycles. The predicted octanol–water partition coefficient (Wildman–Crippen LogP) is 5.98. The Bertz CT molecular complexity index is 957. The van der Waals surface area contributed by atoms with Gasteiger partial charge in [-0.05, 0) is 101 Å². The van der Waals surface area contributed by atoms with E-state index in [-0.39, 0.29) is 5.92 Å². The molecule has 2 aromatic carbocycles. The monoisotopic (exact) mass is 463 g/mol. The zero-order valence-electron chi connectivity index (χ0n) is 21.1. The molecule has 34 heavy (non-hydrogen) atoms. The Balaban J connectivity index is 1.27. The summed E-state index contributed by atoms with van der Waals surface area (Å²) in [4.78, 5) is 2.38. The fourth-order valence-electron chi connectivity index (χ4n) is 5.74. The molecular formula is C30H41NO3. The number of allylic oxidation sites excluding steroid dienone is 1. The highest BCUT2D eigenvalue weighted by Crippen LogP contribution is 2.51. The zero-order chi connectivity index (χ0) is 24.0. The minimum absolute atomic E-state index is 0.280. The van der Waals surface area contributed by atoms with E-state index in [9.17, 15) is 5.11 Å². The van der Waals surface area contributed by atoms with E-state index in [4.69, 9.17) is 9.47 Å². The van der Waals surface area contributed by atoms with Gasteiger partial charge in [-0.15, -0.1) is 0 Å². The second-order valence-corrected chi connectivity index (χ2v) is 9.98. The second-order valence-electron chi connectivity index (χ2n) is 9.98. The van der Waals surface area contributed by atoms with Gasteiger partial charge in [0.25, 0.3) is 0 Å². The quantitative estimate of drug-likeness (QED) is 0.420. The lowest BCUT2D eigenvalue weighted by Gasteiger charge is -2.48. The van der Waals surface area contributed by atoms with E-state index >= 15 is 0 Å². The molecule has 0 aromatic heterocycles. The Hall–Kier alpha value is -2.30. The molecule has 184 valence electrons. The van der Waals surface area contributed by atoms with Gasteiger partial charge in [-0.25, -0.2) is 0 Å². The number of hydrogen-bond acceptors (Lipinski definition) is 4. The molecule has 0 unspecified atom stereocenters. The van der Waals surface area contributed by atoms with Crippen LogP contribution in [-0.4, -0.2) is 49.0 Å². The minimum Gasteiger partial charge on any atom is -0.490 e. The van der Waals surface area contributed by atoms with Crippen LogP contribution in [0.1, 0.15) is 57.1 Å². The summed E-state index contributed by atoms with van der Waals surface area (Å²) >= 11 is 0. The van der Waals surface area contributed by atoms with Crippen molar-refractivity contribution < 1.29 is 14.6 Å². The van der Waals surface area contributed by atoms with E-state index in [2.05, 4.69) is 60.5 Å². The van der Waals surface area contributed by atoms with Crippen molar-refractivity contribution in [1.82, 2.24) is 4.90 Å². The maximum atomic E-state index is 11.5. The van der Waals surface area contributed by atoms with Crippen LogP contribution in [0.4, 0.5) is 0 Å². The first-order valence-corrected chi connectivity index (χ1v) is 13.1. The van der Waals surface area contributed by atoms with Crippen LogP contribution in [0.3, 0.4) is 0 Å². The largest absolute Gasteiger partial charge is 0.490 e. The van der Waals surface area contributed by atoms with Crippen LogP contribution in [0.15, 0.2) is 54.6 Å². The highest BCUT2D eigenvalue weighted by Gasteiger charge is 2.46. The van der Waals surface area contributed by atoms with Crippen LogP contribution in [0.5, 0.6) is 11.5 Å². The van der Waals surface area contributed by atoms with Gasteiger partial charge in [-0.2, -0.15) is 0 Å². The normalized spacial score (nSPS) is 23.7. The van der Waals surface area contributed by atoms with Gasteiger partial charge in [0.1, 0.15) is 0 Å². The van der Waals surface area contributed by atoms with Gasteiger partial charge in [-0.3, -0.25) is 0 Å². The molecule has 1 N–H and O–H groups in total. The SMILES string of the molecule is CCOc1ccc(CCCN(C)CC[C@]2(O)C[C@H]3CC[C@@H]2C=C3c2ccccc2)cc1OCC. The molecule has 2 aromatic rings. The summed E-state index contributed by atoms with van der Waals surface area (Å²) in [5, 5.41) is 11.5. The number of ether oxygens (including phenoxy) is 2. The molecule has 0 saturated heterocycles. The van der Waals surface area contributed by atoms with Crippen molar-refractivity contribution >= 4 is 5.57 Å². The lowest BCUT2D eigenvalue weighted by atomic mass is 9.61. The summed E-state index contributed by atoms with van der Waals surface area (Å²) in [6.45, 7) is 7.23. The molecule has 3 atom stereocenters. The molecule has 3 aliphatic rings. The van der Waals surface area contributed by atoms with E-state index in [1.54, 1.807) is 0 Å². The predicted molar refractivity (Wildman–Crippen MR) is 139 cm³/mol. The Morgan fingerprint density at radius 3 is 2.44 bits per heavy atom. The number of benzene rings is 2. The molecule has 2 bridgehead atoms. The average Bonchev–Trinajstić information content (AvgIpc) is 2.85. The summed E-state index contributed by atoms with van der Waals surface area (Å²) in [6, 6.07) is 17.0. The van der Waals surface area contributed by atoms with Crippen molar-refractivity contribution in [3.05, 3.63) is 65.7 Å². The molecular weight excluding hydrogens is 422 g/mol. The van der Waals surface area contributed by atoms with Gasteiger partial charge in [0.2, 0.25) is 0 Å².